The van der Waals surface area contributed by atoms with Gasteiger partial charge in [0.15, 0.2) is 4.34 Å². The Balaban J connectivity index is 1.65. The van der Waals surface area contributed by atoms with Crippen LogP contribution in [0.2, 0.25) is 0 Å². The standard InChI is InChI=1S/C19H18N4O4S2/c1-28-19-21-15-4-2-12(10-17(15)29-19)20-18(24)14-11-13(23(25)26)3-5-16(14)22-6-8-27-9-7-22/h2-5,10-11H,6-9H2,1H3,(H,20,24). The molecule has 0 atom stereocenters. The molecule has 0 bridgehead atoms. The number of thiazole rings is 1. The summed E-state index contributed by atoms with van der Waals surface area (Å²) in [6.07, 6.45) is 1.97. The highest BCUT2D eigenvalue weighted by Gasteiger charge is 2.22. The molecule has 29 heavy (non-hydrogen) atoms. The largest absolute Gasteiger partial charge is 0.378 e. The van der Waals surface area contributed by atoms with Gasteiger partial charge in [-0.2, -0.15) is 0 Å². The number of hydrogen-bond acceptors (Lipinski definition) is 8. The number of thioether (sulfide) groups is 1. The third-order valence-corrected chi connectivity index (χ3v) is 6.59. The molecule has 10 heteroatoms. The number of fused-ring (bicyclic) bond motifs is 1. The number of nitro groups is 1. The minimum absolute atomic E-state index is 0.116. The van der Waals surface area contributed by atoms with E-state index in [-0.39, 0.29) is 17.2 Å². The van der Waals surface area contributed by atoms with Gasteiger partial charge in [-0.1, -0.05) is 11.8 Å². The Labute approximate surface area is 175 Å². The molecular formula is C19H18N4O4S2. The van der Waals surface area contributed by atoms with Crippen molar-refractivity contribution in [2.75, 3.05) is 42.8 Å². The lowest BCUT2D eigenvalue weighted by molar-refractivity contribution is -0.384. The summed E-state index contributed by atoms with van der Waals surface area (Å²) in [6, 6.07) is 9.91. The summed E-state index contributed by atoms with van der Waals surface area (Å²) in [5, 5.41) is 14.1. The molecule has 1 saturated heterocycles. The molecule has 1 aliphatic rings. The number of nitro benzene ring substituents is 1. The van der Waals surface area contributed by atoms with Gasteiger partial charge >= 0.3 is 0 Å². The predicted octanol–water partition coefficient (Wildman–Crippen LogP) is 4.02. The fourth-order valence-electron chi connectivity index (χ4n) is 3.17. The lowest BCUT2D eigenvalue weighted by Gasteiger charge is -2.30. The molecule has 1 aromatic heterocycles. The van der Waals surface area contributed by atoms with E-state index in [4.69, 9.17) is 4.74 Å². The van der Waals surface area contributed by atoms with Crippen LogP contribution < -0.4 is 10.2 Å². The van der Waals surface area contributed by atoms with Crippen molar-refractivity contribution in [3.8, 4) is 0 Å². The number of anilines is 2. The van der Waals surface area contributed by atoms with E-state index < -0.39 is 4.92 Å². The number of rotatable bonds is 5. The van der Waals surface area contributed by atoms with Crippen molar-refractivity contribution in [2.45, 2.75) is 4.34 Å². The fraction of sp³-hybridized carbons (Fsp3) is 0.263. The van der Waals surface area contributed by atoms with Gasteiger partial charge < -0.3 is 15.0 Å². The van der Waals surface area contributed by atoms with E-state index >= 15 is 0 Å². The normalized spacial score (nSPS) is 14.2. The van der Waals surface area contributed by atoms with Crippen molar-refractivity contribution in [1.29, 1.82) is 0 Å². The predicted molar refractivity (Wildman–Crippen MR) is 115 cm³/mol. The van der Waals surface area contributed by atoms with Crippen molar-refractivity contribution >= 4 is 56.3 Å². The SMILES string of the molecule is CSc1nc2ccc(NC(=O)c3cc([N+](=O)[O-])ccc3N3CCOCC3)cc2s1. The molecule has 1 aliphatic heterocycles. The Morgan fingerprint density at radius 1 is 1.28 bits per heavy atom. The number of benzene rings is 2. The number of nitrogens with zero attached hydrogens (tertiary/aromatic N) is 3. The second kappa shape index (κ2) is 8.36. The zero-order valence-electron chi connectivity index (χ0n) is 15.6. The Hall–Kier alpha value is -2.69. The lowest BCUT2D eigenvalue weighted by atomic mass is 10.1. The van der Waals surface area contributed by atoms with E-state index in [9.17, 15) is 14.9 Å². The zero-order valence-corrected chi connectivity index (χ0v) is 17.2. The molecule has 0 saturated carbocycles. The number of aromatic nitrogens is 1. The Kier molecular flexibility index (Phi) is 5.65. The van der Waals surface area contributed by atoms with Crippen LogP contribution in [0.4, 0.5) is 17.1 Å². The summed E-state index contributed by atoms with van der Waals surface area (Å²) >= 11 is 3.13. The number of morpholine rings is 1. The monoisotopic (exact) mass is 430 g/mol. The molecule has 4 rings (SSSR count). The maximum absolute atomic E-state index is 13.0. The molecule has 0 radical (unpaired) electrons. The van der Waals surface area contributed by atoms with Gasteiger partial charge in [0.05, 0.1) is 39.6 Å². The highest BCUT2D eigenvalue weighted by molar-refractivity contribution is 8.00. The molecule has 1 fully saturated rings. The first-order valence-corrected chi connectivity index (χ1v) is 11.0. The minimum Gasteiger partial charge on any atom is -0.378 e. The lowest BCUT2D eigenvalue weighted by Crippen LogP contribution is -2.37. The maximum Gasteiger partial charge on any atom is 0.270 e. The van der Waals surface area contributed by atoms with E-state index in [1.165, 1.54) is 12.1 Å². The van der Waals surface area contributed by atoms with Gasteiger partial charge in [-0.3, -0.25) is 14.9 Å². The van der Waals surface area contributed by atoms with Crippen molar-refractivity contribution in [1.82, 2.24) is 4.98 Å². The van der Waals surface area contributed by atoms with Crippen LogP contribution in [0.25, 0.3) is 10.2 Å². The van der Waals surface area contributed by atoms with E-state index in [1.54, 1.807) is 35.2 Å². The number of hydrogen-bond donors (Lipinski definition) is 1. The summed E-state index contributed by atoms with van der Waals surface area (Å²) in [7, 11) is 0. The first-order chi connectivity index (χ1) is 14.0. The van der Waals surface area contributed by atoms with Gasteiger partial charge in [0, 0.05) is 30.9 Å². The molecule has 0 unspecified atom stereocenters. The van der Waals surface area contributed by atoms with Crippen LogP contribution in [-0.4, -0.2) is 48.4 Å². The number of ether oxygens (including phenoxy) is 1. The summed E-state index contributed by atoms with van der Waals surface area (Å²) in [5.74, 6) is -0.385. The van der Waals surface area contributed by atoms with Crippen LogP contribution in [-0.2, 0) is 4.74 Å². The number of nitrogens with one attached hydrogen (secondary N) is 1. The number of carbonyl (C=O) groups excluding carboxylic acids is 1. The van der Waals surface area contributed by atoms with Gasteiger partial charge in [-0.15, -0.1) is 11.3 Å². The van der Waals surface area contributed by atoms with Gasteiger partial charge in [0.1, 0.15) is 0 Å². The molecule has 2 aromatic carbocycles. The maximum atomic E-state index is 13.0. The van der Waals surface area contributed by atoms with E-state index in [1.807, 2.05) is 23.3 Å². The summed E-state index contributed by atoms with van der Waals surface area (Å²) < 4.78 is 7.30. The number of non-ortho nitro benzene ring substituents is 1. The van der Waals surface area contributed by atoms with Crippen molar-refractivity contribution in [3.63, 3.8) is 0 Å². The van der Waals surface area contributed by atoms with Crippen molar-refractivity contribution < 1.29 is 14.5 Å². The Morgan fingerprint density at radius 3 is 2.79 bits per heavy atom. The van der Waals surface area contributed by atoms with Crippen LogP contribution in [0.5, 0.6) is 0 Å². The van der Waals surface area contributed by atoms with E-state index in [2.05, 4.69) is 10.3 Å². The van der Waals surface area contributed by atoms with Crippen molar-refractivity contribution in [3.05, 3.63) is 52.1 Å². The topological polar surface area (TPSA) is 97.6 Å². The molecule has 8 nitrogen and oxygen atoms in total. The summed E-state index contributed by atoms with van der Waals surface area (Å²) in [4.78, 5) is 30.3. The molecule has 0 aliphatic carbocycles. The first kappa shape index (κ1) is 19.6. The Morgan fingerprint density at radius 2 is 2.07 bits per heavy atom. The highest BCUT2D eigenvalue weighted by atomic mass is 32.2. The average molecular weight is 431 g/mol. The van der Waals surface area contributed by atoms with E-state index in [0.717, 1.165) is 14.6 Å². The van der Waals surface area contributed by atoms with Crippen LogP contribution in [0.15, 0.2) is 40.7 Å². The Bertz CT molecular complexity index is 1080. The third-order valence-electron chi connectivity index (χ3n) is 4.59. The fourth-order valence-corrected chi connectivity index (χ4v) is 4.70. The second-order valence-corrected chi connectivity index (χ2v) is 8.46. The number of amides is 1. The highest BCUT2D eigenvalue weighted by Crippen LogP contribution is 2.31. The molecule has 2 heterocycles. The molecule has 3 aromatic rings. The summed E-state index contributed by atoms with van der Waals surface area (Å²) in [6.45, 7) is 2.36. The van der Waals surface area contributed by atoms with Crippen molar-refractivity contribution in [2.24, 2.45) is 0 Å². The molecule has 150 valence electrons. The molecular weight excluding hydrogens is 412 g/mol. The van der Waals surface area contributed by atoms with Crippen LogP contribution in [0.1, 0.15) is 10.4 Å². The van der Waals surface area contributed by atoms with Gasteiger partial charge in [0.2, 0.25) is 0 Å². The second-order valence-electron chi connectivity index (χ2n) is 6.38. The molecule has 0 spiro atoms. The zero-order chi connectivity index (χ0) is 20.4. The van der Waals surface area contributed by atoms with Crippen LogP contribution >= 0.6 is 23.1 Å². The molecule has 1 amide bonds. The first-order valence-electron chi connectivity index (χ1n) is 8.92. The number of carbonyl (C=O) groups is 1. The van der Waals surface area contributed by atoms with Gasteiger partial charge in [0.25, 0.3) is 11.6 Å². The van der Waals surface area contributed by atoms with Crippen LogP contribution in [0.3, 0.4) is 0 Å². The minimum atomic E-state index is -0.493. The third kappa shape index (κ3) is 4.19. The average Bonchev–Trinajstić information content (AvgIpc) is 3.16. The van der Waals surface area contributed by atoms with Gasteiger partial charge in [-0.05, 0) is 30.5 Å². The van der Waals surface area contributed by atoms with E-state index in [0.29, 0.717) is 37.7 Å². The molecule has 1 N–H and O–H groups in total. The quantitative estimate of drug-likeness (QED) is 0.371. The van der Waals surface area contributed by atoms with Gasteiger partial charge in [-0.25, -0.2) is 4.98 Å². The van der Waals surface area contributed by atoms with Crippen LogP contribution in [0, 0.1) is 10.1 Å². The summed E-state index contributed by atoms with van der Waals surface area (Å²) in [5.41, 5.74) is 2.32. The smallest absolute Gasteiger partial charge is 0.270 e.